The van der Waals surface area contributed by atoms with E-state index in [1.807, 2.05) is 57.2 Å². The van der Waals surface area contributed by atoms with E-state index < -0.39 is 23.4 Å². The maximum Gasteiger partial charge on any atom is 0.325 e. The largest absolute Gasteiger partial charge is 0.325 e. The van der Waals surface area contributed by atoms with Crippen LogP contribution >= 0.6 is 11.6 Å². The van der Waals surface area contributed by atoms with Gasteiger partial charge in [-0.1, -0.05) is 61.3 Å². The second kappa shape index (κ2) is 8.25. The van der Waals surface area contributed by atoms with Crippen LogP contribution in [0, 0.1) is 13.8 Å². The van der Waals surface area contributed by atoms with Gasteiger partial charge in [0, 0.05) is 0 Å². The zero-order valence-corrected chi connectivity index (χ0v) is 17.5. The molecule has 29 heavy (non-hydrogen) atoms. The highest BCUT2D eigenvalue weighted by Gasteiger charge is 2.52. The topological polar surface area (TPSA) is 78.5 Å². The predicted octanol–water partition coefficient (Wildman–Crippen LogP) is 4.14. The number of nitrogens with zero attached hydrogens (tertiary/aromatic N) is 1. The number of nitrogens with one attached hydrogen (secondary N) is 2. The number of amides is 4. The summed E-state index contributed by atoms with van der Waals surface area (Å²) in [5, 5.41) is 5.96. The number of aryl methyl sites for hydroxylation is 2. The van der Waals surface area contributed by atoms with E-state index in [0.717, 1.165) is 16.0 Å². The van der Waals surface area contributed by atoms with Crippen molar-refractivity contribution >= 4 is 35.1 Å². The van der Waals surface area contributed by atoms with Crippen LogP contribution in [-0.2, 0) is 15.1 Å². The molecule has 3 rings (SSSR count). The first-order valence-corrected chi connectivity index (χ1v) is 9.92. The lowest BCUT2D eigenvalue weighted by Crippen LogP contribution is -2.44. The molecule has 0 aromatic heterocycles. The molecule has 0 radical (unpaired) electrons. The van der Waals surface area contributed by atoms with Crippen molar-refractivity contribution < 1.29 is 14.4 Å². The quantitative estimate of drug-likeness (QED) is 0.698. The molecule has 1 heterocycles. The third-order valence-corrected chi connectivity index (χ3v) is 5.36. The number of halogens is 1. The van der Waals surface area contributed by atoms with Crippen LogP contribution in [0.5, 0.6) is 0 Å². The Kier molecular flexibility index (Phi) is 5.94. The molecule has 2 aromatic rings. The molecule has 1 aliphatic rings. The number of carbonyl (C=O) groups is 3. The lowest BCUT2D eigenvalue weighted by Gasteiger charge is -2.26. The minimum absolute atomic E-state index is 0.382. The molecule has 6 nitrogen and oxygen atoms in total. The van der Waals surface area contributed by atoms with Crippen LogP contribution < -0.4 is 10.6 Å². The van der Waals surface area contributed by atoms with Gasteiger partial charge in [-0.05, 0) is 43.0 Å². The Labute approximate surface area is 175 Å². The van der Waals surface area contributed by atoms with Gasteiger partial charge in [0.15, 0.2) is 0 Å². The van der Waals surface area contributed by atoms with E-state index in [9.17, 15) is 14.4 Å². The Morgan fingerprint density at radius 3 is 2.48 bits per heavy atom. The van der Waals surface area contributed by atoms with Crippen molar-refractivity contribution in [1.82, 2.24) is 10.2 Å². The summed E-state index contributed by atoms with van der Waals surface area (Å²) in [6, 6.07) is 12.2. The molecule has 0 saturated carbocycles. The fourth-order valence-electron chi connectivity index (χ4n) is 3.77. The van der Waals surface area contributed by atoms with Crippen molar-refractivity contribution in [3.05, 3.63) is 64.2 Å². The van der Waals surface area contributed by atoms with Crippen molar-refractivity contribution in [3.8, 4) is 0 Å². The van der Waals surface area contributed by atoms with Crippen LogP contribution in [0.25, 0.3) is 0 Å². The van der Waals surface area contributed by atoms with Crippen LogP contribution in [0.1, 0.15) is 36.5 Å². The van der Waals surface area contributed by atoms with E-state index in [1.54, 1.807) is 6.07 Å². The summed E-state index contributed by atoms with van der Waals surface area (Å²) in [4.78, 5) is 39.4. The Bertz CT molecular complexity index is 938. The number of rotatable bonds is 6. The minimum Gasteiger partial charge on any atom is -0.323 e. The SMILES string of the molecule is CCC[C@@]1(c2ccccc2)NC(=O)N(CC(=O)Nc2c(C)cc(C)cc2Cl)C1=O. The zero-order chi connectivity index (χ0) is 21.2. The van der Waals surface area contributed by atoms with E-state index in [2.05, 4.69) is 10.6 Å². The summed E-state index contributed by atoms with van der Waals surface area (Å²) in [5.74, 6) is -0.903. The number of carbonyl (C=O) groups excluding carboxylic acids is 3. The maximum atomic E-state index is 13.2. The normalized spacial score (nSPS) is 18.7. The van der Waals surface area contributed by atoms with E-state index in [1.165, 1.54) is 0 Å². The van der Waals surface area contributed by atoms with Gasteiger partial charge in [0.25, 0.3) is 5.91 Å². The summed E-state index contributed by atoms with van der Waals surface area (Å²) in [7, 11) is 0. The molecular formula is C22H24ClN3O3. The van der Waals surface area contributed by atoms with Crippen LogP contribution in [0.15, 0.2) is 42.5 Å². The fourth-order valence-corrected chi connectivity index (χ4v) is 4.14. The molecule has 0 bridgehead atoms. The molecule has 0 spiro atoms. The summed E-state index contributed by atoms with van der Waals surface area (Å²) in [6.07, 6.45) is 1.14. The van der Waals surface area contributed by atoms with Gasteiger partial charge in [-0.3, -0.25) is 14.5 Å². The van der Waals surface area contributed by atoms with Gasteiger partial charge in [-0.2, -0.15) is 0 Å². The number of anilines is 1. The average Bonchev–Trinajstić information content (AvgIpc) is 2.91. The van der Waals surface area contributed by atoms with Crippen molar-refractivity contribution in [1.29, 1.82) is 0 Å². The van der Waals surface area contributed by atoms with Crippen molar-refractivity contribution in [2.75, 3.05) is 11.9 Å². The molecule has 7 heteroatoms. The van der Waals surface area contributed by atoms with Crippen molar-refractivity contribution in [2.45, 2.75) is 39.2 Å². The number of hydrogen-bond acceptors (Lipinski definition) is 3. The Morgan fingerprint density at radius 1 is 1.17 bits per heavy atom. The lowest BCUT2D eigenvalue weighted by atomic mass is 9.85. The average molecular weight is 414 g/mol. The first-order chi connectivity index (χ1) is 13.8. The van der Waals surface area contributed by atoms with Gasteiger partial charge >= 0.3 is 6.03 Å². The van der Waals surface area contributed by atoms with Gasteiger partial charge in [0.2, 0.25) is 5.91 Å². The van der Waals surface area contributed by atoms with E-state index in [-0.39, 0.29) is 6.54 Å². The molecule has 4 amide bonds. The number of benzene rings is 2. The van der Waals surface area contributed by atoms with Crippen LogP contribution in [0.2, 0.25) is 5.02 Å². The van der Waals surface area contributed by atoms with Crippen LogP contribution in [0.3, 0.4) is 0 Å². The van der Waals surface area contributed by atoms with Crippen molar-refractivity contribution in [3.63, 3.8) is 0 Å². The molecule has 0 unspecified atom stereocenters. The number of urea groups is 1. The van der Waals surface area contributed by atoms with Crippen LogP contribution in [-0.4, -0.2) is 29.3 Å². The standard InChI is InChI=1S/C22H24ClN3O3/c1-4-10-22(16-8-6-5-7-9-16)20(28)26(21(29)25-22)13-18(27)24-19-15(3)11-14(2)12-17(19)23/h5-9,11-12H,4,10,13H2,1-3H3,(H,24,27)(H,25,29)/t22-/m0/s1. The summed E-state index contributed by atoms with van der Waals surface area (Å²) in [5.41, 5.74) is 1.83. The molecule has 1 saturated heterocycles. The summed E-state index contributed by atoms with van der Waals surface area (Å²) in [6.45, 7) is 5.31. The Hall–Kier alpha value is -2.86. The number of hydrogen-bond donors (Lipinski definition) is 2. The van der Waals surface area contributed by atoms with Gasteiger partial charge in [0.05, 0.1) is 10.7 Å². The highest BCUT2D eigenvalue weighted by atomic mass is 35.5. The lowest BCUT2D eigenvalue weighted by molar-refractivity contribution is -0.134. The first-order valence-electron chi connectivity index (χ1n) is 9.54. The maximum absolute atomic E-state index is 13.2. The molecule has 0 aliphatic carbocycles. The smallest absolute Gasteiger partial charge is 0.323 e. The highest BCUT2D eigenvalue weighted by Crippen LogP contribution is 2.34. The molecule has 152 valence electrons. The summed E-state index contributed by atoms with van der Waals surface area (Å²) >= 11 is 6.24. The Balaban J connectivity index is 1.82. The monoisotopic (exact) mass is 413 g/mol. The van der Waals surface area contributed by atoms with Crippen molar-refractivity contribution in [2.24, 2.45) is 0 Å². The third kappa shape index (κ3) is 3.98. The fraction of sp³-hybridized carbons (Fsp3) is 0.318. The highest BCUT2D eigenvalue weighted by molar-refractivity contribution is 6.34. The summed E-state index contributed by atoms with van der Waals surface area (Å²) < 4.78 is 0. The van der Waals surface area contributed by atoms with Gasteiger partial charge in [-0.25, -0.2) is 4.79 Å². The van der Waals surface area contributed by atoms with Gasteiger partial charge < -0.3 is 10.6 Å². The van der Waals surface area contributed by atoms with E-state index in [4.69, 9.17) is 11.6 Å². The molecule has 2 N–H and O–H groups in total. The zero-order valence-electron chi connectivity index (χ0n) is 16.7. The molecule has 1 aliphatic heterocycles. The van der Waals surface area contributed by atoms with E-state index in [0.29, 0.717) is 29.1 Å². The second-order valence-corrected chi connectivity index (χ2v) is 7.74. The number of imide groups is 1. The van der Waals surface area contributed by atoms with Crippen LogP contribution in [0.4, 0.5) is 10.5 Å². The third-order valence-electron chi connectivity index (χ3n) is 5.07. The molecule has 1 atom stereocenters. The van der Waals surface area contributed by atoms with Gasteiger partial charge in [-0.15, -0.1) is 0 Å². The molecule has 2 aromatic carbocycles. The first kappa shape index (κ1) is 20.9. The Morgan fingerprint density at radius 2 is 1.86 bits per heavy atom. The molecule has 1 fully saturated rings. The predicted molar refractivity (Wildman–Crippen MR) is 113 cm³/mol. The molecular weight excluding hydrogens is 390 g/mol. The second-order valence-electron chi connectivity index (χ2n) is 7.33. The minimum atomic E-state index is -1.15. The van der Waals surface area contributed by atoms with E-state index >= 15 is 0 Å². The van der Waals surface area contributed by atoms with Gasteiger partial charge in [0.1, 0.15) is 12.1 Å².